The van der Waals surface area contributed by atoms with Crippen LogP contribution < -0.4 is 5.32 Å². The summed E-state index contributed by atoms with van der Waals surface area (Å²) in [6.07, 6.45) is 1.45. The Labute approximate surface area is 93.2 Å². The molecule has 1 aliphatic rings. The van der Waals surface area contributed by atoms with Crippen LogP contribution in [0.15, 0.2) is 0 Å². The molecule has 1 saturated heterocycles. The molecule has 0 aliphatic carbocycles. The third kappa shape index (κ3) is 4.49. The van der Waals surface area contributed by atoms with Crippen LogP contribution in [0.4, 0.5) is 0 Å². The minimum Gasteiger partial charge on any atom is -0.388 e. The number of nitrogens with one attached hydrogen (secondary N) is 1. The van der Waals surface area contributed by atoms with E-state index in [9.17, 15) is 5.11 Å². The van der Waals surface area contributed by atoms with Crippen molar-refractivity contribution >= 4 is 0 Å². The predicted molar refractivity (Wildman–Crippen MR) is 61.9 cm³/mol. The molecule has 1 rings (SSSR count). The van der Waals surface area contributed by atoms with Crippen LogP contribution >= 0.6 is 0 Å². The van der Waals surface area contributed by atoms with Crippen LogP contribution in [0.5, 0.6) is 0 Å². The van der Waals surface area contributed by atoms with Crippen LogP contribution in [0.3, 0.4) is 0 Å². The molecule has 0 aromatic heterocycles. The third-order valence-electron chi connectivity index (χ3n) is 2.82. The standard InChI is InChI=1S/C12H25NO2/c1-10(2)7-13-9-12(14)5-6-15-11(3,4)8-12/h10,13-14H,5-9H2,1-4H3. The van der Waals surface area contributed by atoms with E-state index in [2.05, 4.69) is 19.2 Å². The fourth-order valence-electron chi connectivity index (χ4n) is 2.19. The first kappa shape index (κ1) is 12.9. The lowest BCUT2D eigenvalue weighted by molar-refractivity contribution is -0.142. The van der Waals surface area contributed by atoms with Crippen molar-refractivity contribution in [2.75, 3.05) is 19.7 Å². The molecule has 3 nitrogen and oxygen atoms in total. The molecule has 1 fully saturated rings. The molecule has 1 atom stereocenters. The minimum absolute atomic E-state index is 0.188. The zero-order valence-corrected chi connectivity index (χ0v) is 10.5. The Morgan fingerprint density at radius 1 is 1.40 bits per heavy atom. The quantitative estimate of drug-likeness (QED) is 0.747. The van der Waals surface area contributed by atoms with E-state index in [1.807, 2.05) is 13.8 Å². The monoisotopic (exact) mass is 215 g/mol. The van der Waals surface area contributed by atoms with Crippen LogP contribution in [0.1, 0.15) is 40.5 Å². The van der Waals surface area contributed by atoms with Crippen LogP contribution in [-0.2, 0) is 4.74 Å². The van der Waals surface area contributed by atoms with E-state index >= 15 is 0 Å². The highest BCUT2D eigenvalue weighted by Gasteiger charge is 2.38. The molecule has 2 N–H and O–H groups in total. The first-order valence-corrected chi connectivity index (χ1v) is 5.90. The Morgan fingerprint density at radius 3 is 2.60 bits per heavy atom. The van der Waals surface area contributed by atoms with E-state index in [-0.39, 0.29) is 5.60 Å². The maximum absolute atomic E-state index is 10.4. The zero-order valence-electron chi connectivity index (χ0n) is 10.5. The summed E-state index contributed by atoms with van der Waals surface area (Å²) >= 11 is 0. The summed E-state index contributed by atoms with van der Waals surface area (Å²) in [4.78, 5) is 0. The molecule has 1 aliphatic heterocycles. The van der Waals surface area contributed by atoms with Crippen molar-refractivity contribution in [1.82, 2.24) is 5.32 Å². The molecule has 0 saturated carbocycles. The average Bonchev–Trinajstić information content (AvgIpc) is 1.99. The Hall–Kier alpha value is -0.120. The molecule has 0 aromatic carbocycles. The summed E-state index contributed by atoms with van der Waals surface area (Å²) in [7, 11) is 0. The van der Waals surface area contributed by atoms with E-state index in [1.54, 1.807) is 0 Å². The Balaban J connectivity index is 2.37. The SMILES string of the molecule is CC(C)CNCC1(O)CCOC(C)(C)C1. The van der Waals surface area contributed by atoms with Gasteiger partial charge in [-0.1, -0.05) is 13.8 Å². The highest BCUT2D eigenvalue weighted by Crippen LogP contribution is 2.31. The number of ether oxygens (including phenoxy) is 1. The fourth-order valence-corrected chi connectivity index (χ4v) is 2.19. The van der Waals surface area contributed by atoms with Gasteiger partial charge >= 0.3 is 0 Å². The van der Waals surface area contributed by atoms with Crippen molar-refractivity contribution in [2.45, 2.75) is 51.7 Å². The van der Waals surface area contributed by atoms with Crippen molar-refractivity contribution in [2.24, 2.45) is 5.92 Å². The van der Waals surface area contributed by atoms with Gasteiger partial charge in [-0.2, -0.15) is 0 Å². The van der Waals surface area contributed by atoms with E-state index < -0.39 is 5.60 Å². The second-order valence-corrected chi connectivity index (χ2v) is 5.78. The zero-order chi connectivity index (χ0) is 11.5. The van der Waals surface area contributed by atoms with Crippen molar-refractivity contribution < 1.29 is 9.84 Å². The van der Waals surface area contributed by atoms with Crippen LogP contribution in [0.25, 0.3) is 0 Å². The first-order valence-electron chi connectivity index (χ1n) is 5.90. The van der Waals surface area contributed by atoms with Gasteiger partial charge in [-0.05, 0) is 26.3 Å². The van der Waals surface area contributed by atoms with Crippen molar-refractivity contribution in [3.05, 3.63) is 0 Å². The lowest BCUT2D eigenvalue weighted by atomic mass is 9.84. The molecular formula is C12H25NO2. The van der Waals surface area contributed by atoms with Gasteiger partial charge in [-0.25, -0.2) is 0 Å². The normalized spacial score (nSPS) is 30.8. The van der Waals surface area contributed by atoms with Crippen LogP contribution in [0.2, 0.25) is 0 Å². The molecule has 15 heavy (non-hydrogen) atoms. The van der Waals surface area contributed by atoms with Gasteiger partial charge in [0.25, 0.3) is 0 Å². The van der Waals surface area contributed by atoms with Gasteiger partial charge in [0, 0.05) is 19.4 Å². The summed E-state index contributed by atoms with van der Waals surface area (Å²) < 4.78 is 5.60. The van der Waals surface area contributed by atoms with E-state index in [1.165, 1.54) is 0 Å². The van der Waals surface area contributed by atoms with E-state index in [0.29, 0.717) is 25.5 Å². The largest absolute Gasteiger partial charge is 0.388 e. The summed E-state index contributed by atoms with van der Waals surface area (Å²) in [5.41, 5.74) is -0.775. The summed E-state index contributed by atoms with van der Waals surface area (Å²) in [6.45, 7) is 10.7. The van der Waals surface area contributed by atoms with Crippen LogP contribution in [-0.4, -0.2) is 36.0 Å². The molecule has 3 heteroatoms. The average molecular weight is 215 g/mol. The van der Waals surface area contributed by atoms with Gasteiger partial charge in [0.05, 0.1) is 17.8 Å². The summed E-state index contributed by atoms with van der Waals surface area (Å²) in [5, 5.41) is 13.7. The molecule has 1 unspecified atom stereocenters. The van der Waals surface area contributed by atoms with Gasteiger partial charge in [-0.15, -0.1) is 0 Å². The van der Waals surface area contributed by atoms with E-state index in [4.69, 9.17) is 4.74 Å². The second kappa shape index (κ2) is 4.81. The highest BCUT2D eigenvalue weighted by atomic mass is 16.5. The van der Waals surface area contributed by atoms with Gasteiger partial charge in [-0.3, -0.25) is 0 Å². The van der Waals surface area contributed by atoms with Gasteiger partial charge in [0.15, 0.2) is 0 Å². The second-order valence-electron chi connectivity index (χ2n) is 5.78. The molecule has 0 spiro atoms. The number of rotatable bonds is 4. The van der Waals surface area contributed by atoms with Crippen molar-refractivity contribution in [3.8, 4) is 0 Å². The number of aliphatic hydroxyl groups is 1. The maximum Gasteiger partial charge on any atom is 0.0820 e. The van der Waals surface area contributed by atoms with E-state index in [0.717, 1.165) is 13.0 Å². The van der Waals surface area contributed by atoms with Crippen molar-refractivity contribution in [1.29, 1.82) is 0 Å². The van der Waals surface area contributed by atoms with Gasteiger partial charge in [0.2, 0.25) is 0 Å². The van der Waals surface area contributed by atoms with Crippen molar-refractivity contribution in [3.63, 3.8) is 0 Å². The molecule has 90 valence electrons. The summed E-state index contributed by atoms with van der Waals surface area (Å²) in [5.74, 6) is 0.626. The molecule has 0 radical (unpaired) electrons. The maximum atomic E-state index is 10.4. The first-order chi connectivity index (χ1) is 6.83. The lowest BCUT2D eigenvalue weighted by Gasteiger charge is -2.41. The van der Waals surface area contributed by atoms with Crippen LogP contribution in [0, 0.1) is 5.92 Å². The Bertz CT molecular complexity index is 204. The smallest absolute Gasteiger partial charge is 0.0820 e. The Kier molecular flexibility index (Phi) is 4.15. The molecule has 1 heterocycles. The molecular weight excluding hydrogens is 190 g/mol. The molecule has 0 amide bonds. The topological polar surface area (TPSA) is 41.5 Å². The molecule has 0 aromatic rings. The number of hydrogen-bond donors (Lipinski definition) is 2. The third-order valence-corrected chi connectivity index (χ3v) is 2.82. The summed E-state index contributed by atoms with van der Waals surface area (Å²) in [6, 6.07) is 0. The Morgan fingerprint density at radius 2 is 2.07 bits per heavy atom. The minimum atomic E-state index is -0.587. The lowest BCUT2D eigenvalue weighted by Crippen LogP contribution is -2.51. The predicted octanol–water partition coefficient (Wildman–Crippen LogP) is 1.55. The number of hydrogen-bond acceptors (Lipinski definition) is 3. The fraction of sp³-hybridized carbons (Fsp3) is 1.00. The van der Waals surface area contributed by atoms with Gasteiger partial charge in [0.1, 0.15) is 0 Å². The molecule has 0 bridgehead atoms. The highest BCUT2D eigenvalue weighted by molar-refractivity contribution is 4.91. The van der Waals surface area contributed by atoms with Gasteiger partial charge < -0.3 is 15.2 Å².